The first kappa shape index (κ1) is 92.9. The number of fused-ring (bicyclic) bond motifs is 3. The molecule has 8 saturated heterocycles. The van der Waals surface area contributed by atoms with E-state index in [0.717, 1.165) is 71.1 Å². The predicted molar refractivity (Wildman–Crippen MR) is 374 cm³/mol. The van der Waals surface area contributed by atoms with E-state index in [-0.39, 0.29) is 12.5 Å². The molecule has 1 unspecified atom stereocenters. The van der Waals surface area contributed by atoms with Gasteiger partial charge < -0.3 is 149 Å². The minimum atomic E-state index is -5.53. The van der Waals surface area contributed by atoms with Crippen molar-refractivity contribution in [2.75, 3.05) is 39.6 Å². The molecule has 8 aliphatic heterocycles. The Balaban J connectivity index is 1.10. The summed E-state index contributed by atoms with van der Waals surface area (Å²) in [5.41, 5.74) is 0. The van der Waals surface area contributed by atoms with Gasteiger partial charge >= 0.3 is 10.4 Å². The first-order chi connectivity index (χ1) is 51.6. The average Bonchev–Trinajstić information content (AvgIpc) is 0.727. The Morgan fingerprint density at radius 3 is 1.47 bits per heavy atom. The molecule has 8 heterocycles. The zero-order valence-electron chi connectivity index (χ0n) is 62.7. The lowest BCUT2D eigenvalue weighted by Gasteiger charge is -2.55. The summed E-state index contributed by atoms with van der Waals surface area (Å²) >= 11 is 0. The quantitative estimate of drug-likeness (QED) is 0.0231. The average molecular weight is 1590 g/mol. The van der Waals surface area contributed by atoms with Gasteiger partial charge in [0.05, 0.1) is 57.9 Å². The van der Waals surface area contributed by atoms with E-state index >= 15 is 0 Å². The van der Waals surface area contributed by atoms with Crippen molar-refractivity contribution in [2.45, 2.75) is 391 Å². The monoisotopic (exact) mass is 1580 g/mol. The molecule has 108 heavy (non-hydrogen) atoms. The van der Waals surface area contributed by atoms with Gasteiger partial charge in [-0.1, -0.05) is 168 Å². The predicted octanol–water partition coefficient (Wildman–Crippen LogP) is -2.02. The van der Waals surface area contributed by atoms with Crippen molar-refractivity contribution in [3.63, 3.8) is 0 Å². The third-order valence-electron chi connectivity index (χ3n) is 21.7. The molecule has 2 amide bonds. The van der Waals surface area contributed by atoms with Gasteiger partial charge in [0.25, 0.3) is 11.7 Å². The van der Waals surface area contributed by atoms with Gasteiger partial charge in [-0.15, -0.1) is 0 Å². The molecule has 0 aromatic heterocycles. The fraction of sp³-hybridized carbons (Fsp3) is 0.972. The largest absolute Gasteiger partial charge is 0.397 e. The zero-order chi connectivity index (χ0) is 79.0. The van der Waals surface area contributed by atoms with Crippen LogP contribution < -0.4 is 10.6 Å². The minimum absolute atomic E-state index is 0.0636. The number of unbranched alkanes of at least 4 members (excludes halogenated alkanes) is 22. The Morgan fingerprint density at radius 1 is 0.528 bits per heavy atom. The molecule has 36 nitrogen and oxygen atoms in total. The van der Waals surface area contributed by atoms with Gasteiger partial charge in [-0.25, -0.2) is 4.18 Å². The topological polar surface area (TPSA) is 556 Å². The second-order valence-electron chi connectivity index (χ2n) is 30.2. The van der Waals surface area contributed by atoms with Gasteiger partial charge in [0.2, 0.25) is 5.91 Å². The summed E-state index contributed by atoms with van der Waals surface area (Å²) in [5, 5.41) is 184. The van der Waals surface area contributed by atoms with E-state index in [1.54, 1.807) is 0 Å². The molecule has 8 aliphatic rings. The molecule has 19 N–H and O–H groups in total. The van der Waals surface area contributed by atoms with Crippen LogP contribution in [0.1, 0.15) is 201 Å². The highest BCUT2D eigenvalue weighted by Gasteiger charge is 2.65. The van der Waals surface area contributed by atoms with Crippen molar-refractivity contribution in [3.8, 4) is 0 Å². The number of carbonyl (C=O) groups excluding carboxylic acids is 2. The molecule has 632 valence electrons. The van der Waals surface area contributed by atoms with E-state index in [2.05, 4.69) is 24.5 Å². The summed E-state index contributed by atoms with van der Waals surface area (Å²) in [6, 6.07) is -3.45. The molecule has 0 aromatic carbocycles. The fourth-order valence-corrected chi connectivity index (χ4v) is 15.7. The van der Waals surface area contributed by atoms with Crippen LogP contribution in [0.15, 0.2) is 0 Å². The van der Waals surface area contributed by atoms with Crippen LogP contribution >= 0.6 is 0 Å². The zero-order valence-corrected chi connectivity index (χ0v) is 63.5. The molecule has 0 radical (unpaired) electrons. The number of amides is 2. The number of ether oxygens (including phenoxy) is 12. The molecule has 0 saturated carbocycles. The summed E-state index contributed by atoms with van der Waals surface area (Å²) in [4.78, 5) is 27.3. The summed E-state index contributed by atoms with van der Waals surface area (Å²) in [7, 11) is -5.53. The summed E-state index contributed by atoms with van der Waals surface area (Å²) in [6.45, 7) is 1.24. The third-order valence-corrected chi connectivity index (χ3v) is 22.2. The maximum Gasteiger partial charge on any atom is 0.397 e. The van der Waals surface area contributed by atoms with Gasteiger partial charge in [0, 0.05) is 13.3 Å². The normalized spacial score (nSPS) is 38.7. The van der Waals surface area contributed by atoms with Crippen molar-refractivity contribution in [2.24, 2.45) is 5.92 Å². The lowest BCUT2D eigenvalue weighted by Crippen LogP contribution is -2.77. The van der Waals surface area contributed by atoms with Crippen LogP contribution in [-0.4, -0.2) is 336 Å². The van der Waals surface area contributed by atoms with Crippen LogP contribution in [0.3, 0.4) is 0 Å². The highest BCUT2D eigenvalue weighted by atomic mass is 32.3. The van der Waals surface area contributed by atoms with Crippen molar-refractivity contribution < 1.29 is 165 Å². The second kappa shape index (κ2) is 45.8. The molecule has 2 bridgehead atoms. The number of carbonyl (C=O) groups is 2. The molecule has 31 atom stereocenters. The Labute approximate surface area is 632 Å². The molecular weight excluding hydrogens is 1460 g/mol. The highest BCUT2D eigenvalue weighted by Crippen LogP contribution is 2.43. The lowest BCUT2D eigenvalue weighted by atomic mass is 9.84. The highest BCUT2D eigenvalue weighted by molar-refractivity contribution is 7.80. The van der Waals surface area contributed by atoms with Gasteiger partial charge in [-0.05, 0) is 25.7 Å². The molecule has 0 aliphatic carbocycles. The molecule has 37 heteroatoms. The fourth-order valence-electron chi connectivity index (χ4n) is 15.4. The van der Waals surface area contributed by atoms with Crippen LogP contribution in [0, 0.1) is 5.92 Å². The van der Waals surface area contributed by atoms with E-state index in [9.17, 15) is 104 Å². The Hall–Kier alpha value is -2.31. The number of rotatable bonds is 49. The van der Waals surface area contributed by atoms with Crippen molar-refractivity contribution in [1.82, 2.24) is 10.6 Å². The maximum absolute atomic E-state index is 13.7. The number of piperidine rings is 1. The van der Waals surface area contributed by atoms with Gasteiger partial charge in [0.1, 0.15) is 134 Å². The third kappa shape index (κ3) is 25.8. The summed E-state index contributed by atoms with van der Waals surface area (Å²) < 4.78 is 113. The Morgan fingerprint density at radius 2 is 0.972 bits per heavy atom. The first-order valence-electron chi connectivity index (χ1n) is 39.2. The van der Waals surface area contributed by atoms with E-state index in [1.165, 1.54) is 110 Å². The maximum atomic E-state index is 13.7. The number of aliphatic hydroxyl groups is 16. The van der Waals surface area contributed by atoms with E-state index in [1.807, 2.05) is 0 Å². The number of aliphatic hydroxyl groups excluding tert-OH is 16. The molecule has 8 rings (SSSR count). The van der Waals surface area contributed by atoms with Crippen molar-refractivity contribution in [3.05, 3.63) is 0 Å². The molecule has 8 fully saturated rings. The molecular formula is C71H128N2O34S. The smallest absolute Gasteiger partial charge is 0.394 e. The van der Waals surface area contributed by atoms with Crippen LogP contribution in [0.25, 0.3) is 0 Å². The Kier molecular flexibility index (Phi) is 39.4. The molecule has 0 aromatic rings. The summed E-state index contributed by atoms with van der Waals surface area (Å²) in [6.07, 6.45) is -26.5. The van der Waals surface area contributed by atoms with Crippen LogP contribution in [0.4, 0.5) is 0 Å². The first-order valence-corrected chi connectivity index (χ1v) is 40.6. The van der Waals surface area contributed by atoms with Crippen molar-refractivity contribution >= 4 is 22.2 Å². The van der Waals surface area contributed by atoms with Crippen LogP contribution in [0.2, 0.25) is 0 Å². The number of morpholine rings is 1. The second-order valence-corrected chi connectivity index (χ2v) is 31.3. The number of hydrogen-bond acceptors (Lipinski definition) is 33. The number of nitrogens with one attached hydrogen (secondary N) is 2. The van der Waals surface area contributed by atoms with Crippen molar-refractivity contribution in [1.29, 1.82) is 0 Å². The number of hydrogen-bond donors (Lipinski definition) is 19. The SMILES string of the molecule is CCCCCCCCCCCCCCC(CCCCCCCCCCCCCC)CO[C@@H]1O[C@H](CO)[C@@H](O[C@@H]2O[C@H](CO)[C@H](O)[C@H](O[C@@H]3O[C@H](COS(=O)(=O)O)[C@@H](O[C@@H]4O[C@H](CO)[C@H](O)[C@H](OC56C[C@H](O)[C@@H](NC5=O)[C@H]([C@H](O)[C@H](O)CO)O6)[C@H]4O)[C@H](O[C@@H]4O[C@@H](C)[C@@H](O)[C@@H](O)[C@@H]4O)[C@H]3NC(C)=O)[C@H]2O)[C@H](O)[C@H]1O. The van der Waals surface area contributed by atoms with E-state index in [0.29, 0.717) is 0 Å². The molecule has 0 spiro atoms. The van der Waals surface area contributed by atoms with E-state index < -0.39 is 251 Å². The standard InChI is InChI=1S/C71H128N2O34S/c1-5-7-9-11-13-15-17-19-21-23-25-27-29-40(30-28-26-24-22-20-18-16-14-12-10-8-6-2)36-95-66-56(88)54(86)59(45(35-77)100-66)102-68-57(89)63(51(83)43(33-75)98-68)105-65-48(72-39(4)78)62(104-67-55(87)53(85)49(81)38(3)97-67)60(46(101-65)37-96-108(92,93)94)103-69-58(90)64(52(84)44(34-76)99-69)107-71-31-41(79)47(73-70(71)91)61(106-71)50(82)42(80)32-74/h38,40-69,74-77,79-90H,5-37H2,1-4H3,(H,72,78)(H,73,91)(H,92,93,94)/t38-,41-,42+,43+,44+,45+,46+,47+,48+,49+,50+,51-,52-,53+,54+,55-,56+,57+,58+,59+,60+,61+,62+,63-,64-,65-,66+,67-,68-,69-,71?/m0/s1. The van der Waals surface area contributed by atoms with Gasteiger partial charge in [0.15, 0.2) is 31.5 Å². The van der Waals surface area contributed by atoms with Crippen LogP contribution in [-0.2, 0) is 81.0 Å². The van der Waals surface area contributed by atoms with Gasteiger partial charge in [-0.2, -0.15) is 8.42 Å². The van der Waals surface area contributed by atoms with Crippen LogP contribution in [0.5, 0.6) is 0 Å². The van der Waals surface area contributed by atoms with Gasteiger partial charge in [-0.3, -0.25) is 14.1 Å². The summed E-state index contributed by atoms with van der Waals surface area (Å²) in [5.74, 6) is -4.83. The Bertz CT molecular complexity index is 2640. The lowest BCUT2D eigenvalue weighted by molar-refractivity contribution is -0.400. The minimum Gasteiger partial charge on any atom is -0.394 e. The van der Waals surface area contributed by atoms with E-state index in [4.69, 9.17) is 61.0 Å².